The molecule has 234 valence electrons. The van der Waals surface area contributed by atoms with Crippen LogP contribution < -0.4 is 27.0 Å². The highest BCUT2D eigenvalue weighted by molar-refractivity contribution is 5.88. The number of carbonyl (C=O) groups excluding carboxylic acids is 2. The van der Waals surface area contributed by atoms with Crippen LogP contribution in [0, 0.1) is 0 Å². The van der Waals surface area contributed by atoms with Crippen molar-refractivity contribution in [1.29, 1.82) is 0 Å². The number of hydrogen-bond acceptors (Lipinski definition) is 9. The minimum absolute atomic E-state index is 0.240. The summed E-state index contributed by atoms with van der Waals surface area (Å²) in [7, 11) is 12.5. The number of nitrogens with zero attached hydrogens (tertiary/aromatic N) is 5. The summed E-state index contributed by atoms with van der Waals surface area (Å²) in [6.07, 6.45) is 1.46. The first-order valence-electron chi connectivity index (χ1n) is 13.2. The van der Waals surface area contributed by atoms with Crippen molar-refractivity contribution >= 4 is 35.2 Å². The van der Waals surface area contributed by atoms with Crippen molar-refractivity contribution in [3.05, 3.63) is 91.0 Å². The van der Waals surface area contributed by atoms with E-state index >= 15 is 0 Å². The van der Waals surface area contributed by atoms with Crippen molar-refractivity contribution in [2.75, 3.05) is 73.2 Å². The van der Waals surface area contributed by atoms with E-state index in [4.69, 9.17) is 5.84 Å². The molecule has 3 aromatic rings. The lowest BCUT2D eigenvalue weighted by Crippen LogP contribution is -2.39. The number of epoxide rings is 1. The van der Waals surface area contributed by atoms with Gasteiger partial charge in [0, 0.05) is 39.6 Å². The van der Waals surface area contributed by atoms with Gasteiger partial charge in [0.05, 0.1) is 40.0 Å². The molecule has 43 heavy (non-hydrogen) atoms. The molecule has 0 aromatic heterocycles. The van der Waals surface area contributed by atoms with Gasteiger partial charge in [0.2, 0.25) is 6.08 Å². The maximum absolute atomic E-state index is 11.3. The van der Waals surface area contributed by atoms with E-state index in [9.17, 15) is 14.7 Å². The smallest absolute Gasteiger partial charge is 0.333 e. The largest absolute Gasteiger partial charge is 0.842 e. The molecule has 13 nitrogen and oxygen atoms in total. The third-order valence-corrected chi connectivity index (χ3v) is 3.91. The summed E-state index contributed by atoms with van der Waals surface area (Å²) in [5, 5.41) is 23.7. The number of para-hydroxylation sites is 3. The first-order valence-corrected chi connectivity index (χ1v) is 13.2. The molecule has 0 saturated carbocycles. The third kappa shape index (κ3) is 28.7. The molecular weight excluding hydrogens is 550 g/mol. The highest BCUT2D eigenvalue weighted by atomic mass is 16.6. The number of anilines is 2. The van der Waals surface area contributed by atoms with E-state index in [0.29, 0.717) is 5.69 Å². The van der Waals surface area contributed by atoms with Crippen LogP contribution in [0.4, 0.5) is 21.9 Å². The molecule has 1 aliphatic heterocycles. The molecule has 1 saturated heterocycles. The van der Waals surface area contributed by atoms with Crippen LogP contribution in [0.2, 0.25) is 0 Å². The van der Waals surface area contributed by atoms with E-state index in [-0.39, 0.29) is 16.6 Å². The number of rotatable bonds is 5. The van der Waals surface area contributed by atoms with Crippen molar-refractivity contribution in [3.63, 3.8) is 0 Å². The quantitative estimate of drug-likeness (QED) is 0.0666. The van der Waals surface area contributed by atoms with Crippen molar-refractivity contribution < 1.29 is 24.0 Å². The monoisotopic (exact) mass is 595 g/mol. The second-order valence-corrected chi connectivity index (χ2v) is 9.78. The van der Waals surface area contributed by atoms with Gasteiger partial charge in [-0.2, -0.15) is 4.99 Å². The molecule has 0 aliphatic carbocycles. The van der Waals surface area contributed by atoms with E-state index in [2.05, 4.69) is 30.9 Å². The van der Waals surface area contributed by atoms with Gasteiger partial charge in [0.1, 0.15) is 6.02 Å². The summed E-state index contributed by atoms with van der Waals surface area (Å²) in [5.74, 6) is 4.94. The van der Waals surface area contributed by atoms with Crippen molar-refractivity contribution in [3.8, 4) is 0 Å². The van der Waals surface area contributed by atoms with Crippen LogP contribution in [-0.2, 0) is 9.53 Å². The molecule has 13 heteroatoms. The number of nitrogens with one attached hydrogen (secondary N) is 3. The van der Waals surface area contributed by atoms with E-state index in [1.165, 1.54) is 11.1 Å². The van der Waals surface area contributed by atoms with Crippen LogP contribution >= 0.6 is 0 Å². The predicted octanol–water partition coefficient (Wildman–Crippen LogP) is 2.81. The molecule has 0 atom stereocenters. The molecule has 1 fully saturated rings. The number of amidine groups is 1. The minimum atomic E-state index is -0.330. The molecule has 0 bridgehead atoms. The number of benzene rings is 3. The van der Waals surface area contributed by atoms with Gasteiger partial charge in [-0.25, -0.2) is 19.2 Å². The van der Waals surface area contributed by atoms with Gasteiger partial charge < -0.3 is 20.5 Å². The summed E-state index contributed by atoms with van der Waals surface area (Å²) in [6, 6.07) is 27.0. The van der Waals surface area contributed by atoms with Crippen LogP contribution in [0.5, 0.6) is 0 Å². The van der Waals surface area contributed by atoms with E-state index in [0.717, 1.165) is 24.6 Å². The Morgan fingerprint density at radius 3 is 1.58 bits per heavy atom. The van der Waals surface area contributed by atoms with Gasteiger partial charge >= 0.3 is 6.03 Å². The number of isocyanates is 1. The fourth-order valence-electron chi connectivity index (χ4n) is 2.38. The van der Waals surface area contributed by atoms with Crippen LogP contribution in [0.15, 0.2) is 101 Å². The average Bonchev–Trinajstić information content (AvgIpc) is 3.80. The van der Waals surface area contributed by atoms with E-state index < -0.39 is 0 Å². The Kier molecular flexibility index (Phi) is 20.5. The number of carbonyl (C=O) groups is 1. The van der Waals surface area contributed by atoms with Gasteiger partial charge in [-0.15, -0.1) is 0 Å². The number of aliphatic imine (C=N–C) groups is 1. The highest BCUT2D eigenvalue weighted by Gasteiger charge is 2.02. The molecule has 1 heterocycles. The van der Waals surface area contributed by atoms with Crippen LogP contribution in [0.3, 0.4) is 0 Å². The zero-order valence-corrected chi connectivity index (χ0v) is 26.0. The predicted molar refractivity (Wildman–Crippen MR) is 171 cm³/mol. The van der Waals surface area contributed by atoms with E-state index in [1.54, 1.807) is 45.3 Å². The lowest BCUT2D eigenvalue weighted by atomic mass is 10.3. The Hall–Kier alpha value is -4.62. The Morgan fingerprint density at radius 2 is 1.23 bits per heavy atom. The zero-order valence-electron chi connectivity index (χ0n) is 26.0. The molecule has 1 aliphatic rings. The molecule has 0 radical (unpaired) electrons. The number of hydrazine groups is 2. The Bertz CT molecular complexity index is 1190. The normalized spacial score (nSPS) is 11.3. The maximum atomic E-state index is 11.3. The summed E-state index contributed by atoms with van der Waals surface area (Å²) in [5.41, 5.74) is 4.76. The van der Waals surface area contributed by atoms with Gasteiger partial charge in [-0.1, -0.05) is 59.7 Å². The number of nitrogens with two attached hydrogens (primary N) is 1. The van der Waals surface area contributed by atoms with E-state index in [1.807, 2.05) is 100 Å². The van der Waals surface area contributed by atoms with Gasteiger partial charge in [-0.3, -0.25) is 16.3 Å². The van der Waals surface area contributed by atoms with Crippen molar-refractivity contribution in [1.82, 2.24) is 15.4 Å². The summed E-state index contributed by atoms with van der Waals surface area (Å²) in [6.45, 7) is 2.00. The number of ether oxygens (including phenoxy) is 1. The minimum Gasteiger partial charge on any atom is -0.842 e. The topological polar surface area (TPSA) is 163 Å². The number of quaternary nitrogens is 1. The SMILES string of the molecule is C1CO1.CN(C)N.CN(C)NC(=O)Nc1ccccc1.C[N+](C)(C)N=C([O-])Nc1ccccc1.O=C=Nc1ccccc1. The Balaban J connectivity index is 0.000000560. The zero-order chi connectivity index (χ0) is 32.5. The molecule has 2 amide bonds. The first-order chi connectivity index (χ1) is 20.3. The summed E-state index contributed by atoms with van der Waals surface area (Å²) in [4.78, 5) is 24.2. The molecule has 5 N–H and O–H groups in total. The fourth-order valence-corrected chi connectivity index (χ4v) is 2.38. The Labute approximate surface area is 254 Å². The average molecular weight is 596 g/mol. The second-order valence-electron chi connectivity index (χ2n) is 9.78. The fraction of sp³-hybridized carbons (Fsp3) is 0.300. The van der Waals surface area contributed by atoms with Gasteiger partial charge in [0.25, 0.3) is 0 Å². The molecule has 0 unspecified atom stereocenters. The molecule has 3 aromatic carbocycles. The van der Waals surface area contributed by atoms with Crippen LogP contribution in [0.25, 0.3) is 0 Å². The highest BCUT2D eigenvalue weighted by Crippen LogP contribution is 2.07. The van der Waals surface area contributed by atoms with Crippen molar-refractivity contribution in [2.45, 2.75) is 0 Å². The summed E-state index contributed by atoms with van der Waals surface area (Å²) < 4.78 is 4.76. The first kappa shape index (κ1) is 38.4. The van der Waals surface area contributed by atoms with Crippen LogP contribution in [0.1, 0.15) is 0 Å². The molecule has 4 rings (SSSR count). The van der Waals surface area contributed by atoms with Gasteiger partial charge in [-0.05, 0) is 36.4 Å². The van der Waals surface area contributed by atoms with Crippen molar-refractivity contribution in [2.24, 2.45) is 15.9 Å². The second kappa shape index (κ2) is 23.0. The number of urea groups is 1. The standard InChI is InChI=1S/C10H15N3O.C9H13N3O.C7H5NO.C2H8N2.C2H4O/c1-13(2,3)12-10(14)11-9-7-5-4-6-8-9;1-12(2)11-9(13)10-8-6-4-3-5-7-8;9-6-8-7-4-2-1-3-5-7;1-4(2)3;1-2-3-1/h4-8H,1-3H3,(H-,11,12,14);3-7H,1-2H3,(H2,10,11,13);1-5H;3H2,1-2H3;1-2H2. The molecule has 0 spiro atoms. The Morgan fingerprint density at radius 1 is 0.837 bits per heavy atom. The number of amides is 2. The van der Waals surface area contributed by atoms with Gasteiger partial charge in [0.15, 0.2) is 0 Å². The lowest BCUT2D eigenvalue weighted by molar-refractivity contribution is -0.878. The lowest BCUT2D eigenvalue weighted by Gasteiger charge is -2.20. The summed E-state index contributed by atoms with van der Waals surface area (Å²) >= 11 is 0. The van der Waals surface area contributed by atoms with Crippen LogP contribution in [-0.4, -0.2) is 95.3 Å². The third-order valence-electron chi connectivity index (χ3n) is 3.91. The number of hydrogen-bond donors (Lipinski definition) is 4. The maximum Gasteiger partial charge on any atom is 0.333 e. The molecular formula is C30H45N9O4.